The van der Waals surface area contributed by atoms with Crippen molar-refractivity contribution in [2.24, 2.45) is 11.8 Å². The minimum atomic E-state index is -1.44. The van der Waals surface area contributed by atoms with E-state index in [1.165, 1.54) is 26.5 Å². The second-order valence-corrected chi connectivity index (χ2v) is 19.6. The van der Waals surface area contributed by atoms with Crippen LogP contribution >= 0.6 is 0 Å². The summed E-state index contributed by atoms with van der Waals surface area (Å²) in [7, 11) is 4.88. The van der Waals surface area contributed by atoms with Gasteiger partial charge in [-0.05, 0) is 90.9 Å². The van der Waals surface area contributed by atoms with Gasteiger partial charge in [0.25, 0.3) is 0 Å². The summed E-state index contributed by atoms with van der Waals surface area (Å²) in [6.07, 6.45) is -7.86. The van der Waals surface area contributed by atoms with Crippen molar-refractivity contribution in [3.63, 3.8) is 0 Å². The molecule has 4 rings (SSSR count). The van der Waals surface area contributed by atoms with Crippen molar-refractivity contribution < 1.29 is 81.2 Å². The smallest absolute Gasteiger partial charge is 0.309 e. The van der Waals surface area contributed by atoms with E-state index < -0.39 is 121 Å². The number of carbonyl (C=O) groups is 6. The van der Waals surface area contributed by atoms with Crippen LogP contribution in [-0.4, -0.2) is 178 Å². The van der Waals surface area contributed by atoms with E-state index in [4.69, 9.17) is 47.4 Å². The molecule has 0 bridgehead atoms. The fourth-order valence-corrected chi connectivity index (χ4v) is 10.1. The minimum Gasteiger partial charge on any atom is -0.466 e. The number of carbonyl (C=O) groups excluding carboxylic acids is 6. The second-order valence-electron chi connectivity index (χ2n) is 19.6. The number of ether oxygens (including phenoxy) is 10. The highest BCUT2D eigenvalue weighted by Crippen LogP contribution is 2.39. The van der Waals surface area contributed by atoms with Crippen molar-refractivity contribution >= 4 is 36.1 Å². The number of likely N-dealkylation sites (N-methyl/N-ethyl adjacent to an activating group) is 1. The van der Waals surface area contributed by atoms with Crippen molar-refractivity contribution in [1.82, 2.24) is 9.80 Å². The number of aldehydes is 1. The molecule has 3 aliphatic heterocycles. The first-order valence-corrected chi connectivity index (χ1v) is 25.3. The molecule has 0 aromatic heterocycles. The first kappa shape index (κ1) is 59.5. The molecule has 1 aromatic carbocycles. The summed E-state index contributed by atoms with van der Waals surface area (Å²) >= 11 is 0. The van der Waals surface area contributed by atoms with Crippen LogP contribution in [0, 0.1) is 11.8 Å². The zero-order chi connectivity index (χ0) is 52.4. The van der Waals surface area contributed by atoms with Gasteiger partial charge in [-0.15, -0.1) is 0 Å². The van der Waals surface area contributed by atoms with E-state index in [0.29, 0.717) is 26.1 Å². The van der Waals surface area contributed by atoms with Gasteiger partial charge in [0, 0.05) is 59.7 Å². The zero-order valence-corrected chi connectivity index (χ0v) is 43.8. The highest BCUT2D eigenvalue weighted by Gasteiger charge is 2.54. The monoisotopic (exact) mass is 1010 g/mol. The van der Waals surface area contributed by atoms with Gasteiger partial charge in [0.15, 0.2) is 24.3 Å². The van der Waals surface area contributed by atoms with E-state index >= 15 is 0 Å². The lowest BCUT2D eigenvalue weighted by molar-refractivity contribution is -0.344. The molecule has 402 valence electrons. The van der Waals surface area contributed by atoms with Crippen LogP contribution in [0.3, 0.4) is 0 Å². The zero-order valence-electron chi connectivity index (χ0n) is 43.8. The van der Waals surface area contributed by atoms with Crippen molar-refractivity contribution in [1.29, 1.82) is 0 Å². The maximum Gasteiger partial charge on any atom is 0.309 e. The molecule has 1 aromatic rings. The van der Waals surface area contributed by atoms with Gasteiger partial charge >= 0.3 is 29.8 Å². The third-order valence-electron chi connectivity index (χ3n) is 13.6. The summed E-state index contributed by atoms with van der Waals surface area (Å²) in [4.78, 5) is 81.0. The molecule has 3 fully saturated rings. The number of hydrogen-bond acceptors (Lipinski definition) is 19. The van der Waals surface area contributed by atoms with Gasteiger partial charge in [-0.25, -0.2) is 0 Å². The molecule has 3 saturated heterocycles. The Bertz CT molecular complexity index is 1840. The first-order chi connectivity index (χ1) is 33.7. The Balaban J connectivity index is 1.70. The molecular formula is C52H82N2O17. The number of rotatable bonds is 19. The average molecular weight is 1010 g/mol. The van der Waals surface area contributed by atoms with Crippen LogP contribution in [0.25, 0.3) is 0 Å². The van der Waals surface area contributed by atoms with E-state index in [1.807, 2.05) is 25.1 Å². The molecule has 0 amide bonds. The highest BCUT2D eigenvalue weighted by atomic mass is 16.7. The van der Waals surface area contributed by atoms with Crippen LogP contribution < -0.4 is 0 Å². The number of cyclic esters (lactones) is 1. The molecule has 19 heteroatoms. The molecule has 71 heavy (non-hydrogen) atoms. The molecule has 19 nitrogen and oxygen atoms in total. The molecule has 0 aliphatic carbocycles. The molecule has 15 atom stereocenters. The molecule has 0 spiro atoms. The van der Waals surface area contributed by atoms with E-state index in [0.717, 1.165) is 25.5 Å². The number of nitrogens with zero attached hydrogens (tertiary/aromatic N) is 2. The maximum atomic E-state index is 13.6. The lowest BCUT2D eigenvalue weighted by Gasteiger charge is -2.50. The standard InChI is InChI=1S/C52H82N2O17/c1-12-41(58)67-39-29-43(60)63-27-19-25-54(24-18-17-22-37-20-15-14-16-21-37)31-40(66-35(6)56)32(3)28-38(23-26-55)48(49(39)62-11)70-51-46(61)45(53(9)10)47(33(4)65-51)69-44-30-52(8,71-36(7)57)50(34(5)64-44)68-42(59)13-2/h14-16,20-21,26,32-34,38-40,44-51,61H,12-13,17-19,22-25,27-31H2,1-11H3/t32-,33?,34?,38+,39-,40+,44+,45?,46?,47-,48+,49+,50-,51+,52?/m1/s1. The predicted octanol–water partition coefficient (Wildman–Crippen LogP) is 4.73. The largest absolute Gasteiger partial charge is 0.466 e. The van der Waals surface area contributed by atoms with E-state index in [9.17, 15) is 33.9 Å². The summed E-state index contributed by atoms with van der Waals surface area (Å²) in [5.74, 6) is -3.92. The van der Waals surface area contributed by atoms with Crippen LogP contribution in [0.4, 0.5) is 0 Å². The van der Waals surface area contributed by atoms with Crippen molar-refractivity contribution in [3.8, 4) is 0 Å². The number of benzene rings is 1. The highest BCUT2D eigenvalue weighted by molar-refractivity contribution is 5.72. The molecule has 3 heterocycles. The van der Waals surface area contributed by atoms with Gasteiger partial charge in [-0.3, -0.25) is 28.9 Å². The number of aryl methyl sites for hydroxylation is 1. The van der Waals surface area contributed by atoms with Crippen molar-refractivity contribution in [2.75, 3.05) is 47.4 Å². The number of hydrogen-bond donors (Lipinski definition) is 1. The summed E-state index contributed by atoms with van der Waals surface area (Å²) < 4.78 is 61.6. The molecule has 3 aliphatic rings. The van der Waals surface area contributed by atoms with Crippen LogP contribution in [-0.2, 0) is 82.6 Å². The van der Waals surface area contributed by atoms with Crippen LogP contribution in [0.5, 0.6) is 0 Å². The van der Waals surface area contributed by atoms with Gasteiger partial charge < -0.3 is 62.2 Å². The molecule has 1 N–H and O–H groups in total. The molecule has 0 saturated carbocycles. The van der Waals surface area contributed by atoms with Gasteiger partial charge in [0.05, 0.1) is 37.4 Å². The van der Waals surface area contributed by atoms with Crippen molar-refractivity contribution in [2.45, 2.75) is 199 Å². The minimum absolute atomic E-state index is 0.0184. The predicted molar refractivity (Wildman–Crippen MR) is 257 cm³/mol. The Kier molecular flexibility index (Phi) is 24.3. The van der Waals surface area contributed by atoms with Gasteiger partial charge in [0.2, 0.25) is 0 Å². The Morgan fingerprint density at radius 1 is 0.887 bits per heavy atom. The number of unbranched alkanes of at least 4 members (excludes halogenated alkanes) is 1. The van der Waals surface area contributed by atoms with Crippen LogP contribution in [0.2, 0.25) is 0 Å². The number of esters is 5. The fraction of sp³-hybridized carbons (Fsp3) is 0.769. The average Bonchev–Trinajstić information content (AvgIpc) is 3.30. The Morgan fingerprint density at radius 2 is 1.58 bits per heavy atom. The Labute approximate surface area is 420 Å². The SMILES string of the molecule is CCC(=O)O[C@@H]1C(C)O[C@@H](O[C@@H]2C(C)O[C@@H](O[C@H]3[C@@H](CC=O)C[C@@H](C)[C@@H](OC(C)=O)CN(CCCCc4ccccc4)CCCOC(=O)C[C@@H](OC(=O)CC)[C@@H]3OC)C(O)C2N(C)C)CC1(C)OC(C)=O. The van der Waals surface area contributed by atoms with Gasteiger partial charge in [0.1, 0.15) is 36.8 Å². The number of aliphatic hydroxyl groups excluding tert-OH is 1. The van der Waals surface area contributed by atoms with Crippen LogP contribution in [0.1, 0.15) is 119 Å². The fourth-order valence-electron chi connectivity index (χ4n) is 10.1. The summed E-state index contributed by atoms with van der Waals surface area (Å²) in [5, 5.41) is 12.4. The lowest BCUT2D eigenvalue weighted by atomic mass is 9.82. The van der Waals surface area contributed by atoms with E-state index in [1.54, 1.807) is 53.6 Å². The Morgan fingerprint density at radius 3 is 2.20 bits per heavy atom. The molecular weight excluding hydrogens is 925 g/mol. The van der Waals surface area contributed by atoms with Gasteiger partial charge in [-0.2, -0.15) is 0 Å². The van der Waals surface area contributed by atoms with E-state index in [2.05, 4.69) is 17.0 Å². The third-order valence-corrected chi connectivity index (χ3v) is 13.6. The third kappa shape index (κ3) is 17.8. The second kappa shape index (κ2) is 29.0. The quantitative estimate of drug-likeness (QED) is 0.0856. The molecule has 0 radical (unpaired) electrons. The normalized spacial score (nSPS) is 33.7. The van der Waals surface area contributed by atoms with Crippen LogP contribution in [0.15, 0.2) is 30.3 Å². The lowest BCUT2D eigenvalue weighted by Crippen LogP contribution is -2.66. The molecule has 5 unspecified atom stereocenters. The summed E-state index contributed by atoms with van der Waals surface area (Å²) in [6.45, 7) is 14.6. The number of aliphatic hydroxyl groups is 1. The first-order valence-electron chi connectivity index (χ1n) is 25.3. The summed E-state index contributed by atoms with van der Waals surface area (Å²) in [6, 6.07) is 9.39. The van der Waals surface area contributed by atoms with Gasteiger partial charge in [-0.1, -0.05) is 51.1 Å². The topological polar surface area (TPSA) is 221 Å². The Hall–Kier alpha value is -4.08. The van der Waals surface area contributed by atoms with E-state index in [-0.39, 0.29) is 44.6 Å². The summed E-state index contributed by atoms with van der Waals surface area (Å²) in [5.41, 5.74) is -0.0925. The maximum absolute atomic E-state index is 13.6. The van der Waals surface area contributed by atoms with Crippen molar-refractivity contribution in [3.05, 3.63) is 35.9 Å². The number of methoxy groups -OCH3 is 1.